The number of carbonyl (C=O) groups excluding carboxylic acids is 3. The van der Waals surface area contributed by atoms with E-state index in [0.717, 1.165) is 16.3 Å². The maximum Gasteiger partial charge on any atom is 0.335 e. The lowest BCUT2D eigenvalue weighted by atomic mass is 10.1. The van der Waals surface area contributed by atoms with Crippen molar-refractivity contribution in [1.82, 2.24) is 9.88 Å². The quantitative estimate of drug-likeness (QED) is 0.524. The molecule has 1 fully saturated rings. The van der Waals surface area contributed by atoms with Crippen molar-refractivity contribution in [2.45, 2.75) is 6.92 Å². The zero-order chi connectivity index (χ0) is 21.5. The average Bonchev–Trinajstić information content (AvgIpc) is 3.37. The number of hydrogen-bond acceptors (Lipinski definition) is 5. The molecular weight excluding hydrogens is 398 g/mol. The Hall–Kier alpha value is -4.33. The number of rotatable bonds is 3. The SMILES string of the molecule is Cc1ccc(/C=C2\C(=O)NC(=O)N(c3ccc4c(c3)OCO4)C2=O)n1-c1ccccc1. The van der Waals surface area contributed by atoms with Crippen LogP contribution in [0.5, 0.6) is 11.5 Å². The van der Waals surface area contributed by atoms with Gasteiger partial charge in [-0.3, -0.25) is 14.9 Å². The molecule has 0 atom stereocenters. The second kappa shape index (κ2) is 7.17. The number of amides is 4. The zero-order valence-electron chi connectivity index (χ0n) is 16.5. The summed E-state index contributed by atoms with van der Waals surface area (Å²) in [6.07, 6.45) is 1.49. The van der Waals surface area contributed by atoms with Crippen molar-refractivity contribution < 1.29 is 23.9 Å². The van der Waals surface area contributed by atoms with E-state index in [1.807, 2.05) is 54.0 Å². The average molecular weight is 415 g/mol. The highest BCUT2D eigenvalue weighted by atomic mass is 16.7. The van der Waals surface area contributed by atoms with Crippen LogP contribution in [0.2, 0.25) is 0 Å². The van der Waals surface area contributed by atoms with Crippen molar-refractivity contribution in [2.75, 3.05) is 11.7 Å². The van der Waals surface area contributed by atoms with Crippen LogP contribution in [0.3, 0.4) is 0 Å². The molecule has 8 heteroatoms. The Kier molecular flexibility index (Phi) is 4.32. The molecule has 5 rings (SSSR count). The molecule has 3 aromatic rings. The van der Waals surface area contributed by atoms with E-state index in [4.69, 9.17) is 9.47 Å². The fourth-order valence-corrected chi connectivity index (χ4v) is 3.67. The van der Waals surface area contributed by atoms with Crippen molar-refractivity contribution in [3.05, 3.63) is 77.6 Å². The number of benzene rings is 2. The number of para-hydroxylation sites is 1. The number of fused-ring (bicyclic) bond motifs is 1. The molecule has 3 heterocycles. The fourth-order valence-electron chi connectivity index (χ4n) is 3.67. The summed E-state index contributed by atoms with van der Waals surface area (Å²) in [6.45, 7) is 2.00. The smallest absolute Gasteiger partial charge is 0.335 e. The van der Waals surface area contributed by atoms with Crippen LogP contribution >= 0.6 is 0 Å². The fraction of sp³-hybridized carbons (Fsp3) is 0.0870. The van der Waals surface area contributed by atoms with Crippen LogP contribution in [0.25, 0.3) is 11.8 Å². The number of carbonyl (C=O) groups is 3. The molecule has 0 unspecified atom stereocenters. The first-order valence-electron chi connectivity index (χ1n) is 9.58. The summed E-state index contributed by atoms with van der Waals surface area (Å²) < 4.78 is 12.5. The monoisotopic (exact) mass is 415 g/mol. The van der Waals surface area contributed by atoms with Gasteiger partial charge in [-0.15, -0.1) is 0 Å². The van der Waals surface area contributed by atoms with Crippen LogP contribution < -0.4 is 19.7 Å². The predicted octanol–water partition coefficient (Wildman–Crippen LogP) is 3.18. The summed E-state index contributed by atoms with van der Waals surface area (Å²) in [5.41, 5.74) is 2.60. The van der Waals surface area contributed by atoms with Crippen LogP contribution in [0.15, 0.2) is 66.2 Å². The molecule has 1 aromatic heterocycles. The molecule has 31 heavy (non-hydrogen) atoms. The molecule has 0 radical (unpaired) electrons. The number of aromatic nitrogens is 1. The van der Waals surface area contributed by atoms with Gasteiger partial charge in [-0.2, -0.15) is 0 Å². The molecule has 2 aromatic carbocycles. The maximum atomic E-state index is 13.2. The number of nitrogens with zero attached hydrogens (tertiary/aromatic N) is 2. The number of nitrogens with one attached hydrogen (secondary N) is 1. The molecule has 0 aliphatic carbocycles. The second-order valence-corrected chi connectivity index (χ2v) is 7.07. The van der Waals surface area contributed by atoms with E-state index in [1.165, 1.54) is 12.1 Å². The van der Waals surface area contributed by atoms with E-state index in [-0.39, 0.29) is 18.1 Å². The number of hydrogen-bond donors (Lipinski definition) is 1. The van der Waals surface area contributed by atoms with Crippen LogP contribution in [-0.2, 0) is 9.59 Å². The molecule has 4 amide bonds. The van der Waals surface area contributed by atoms with Gasteiger partial charge in [-0.1, -0.05) is 18.2 Å². The van der Waals surface area contributed by atoms with E-state index >= 15 is 0 Å². The third-order valence-corrected chi connectivity index (χ3v) is 5.13. The van der Waals surface area contributed by atoms with E-state index in [9.17, 15) is 14.4 Å². The highest BCUT2D eigenvalue weighted by Gasteiger charge is 2.37. The first-order chi connectivity index (χ1) is 15.0. The van der Waals surface area contributed by atoms with Crippen LogP contribution in [-0.4, -0.2) is 29.2 Å². The van der Waals surface area contributed by atoms with Crippen molar-refractivity contribution in [3.8, 4) is 17.2 Å². The lowest BCUT2D eigenvalue weighted by Crippen LogP contribution is -2.54. The Balaban J connectivity index is 1.56. The second-order valence-electron chi connectivity index (χ2n) is 7.07. The minimum absolute atomic E-state index is 0.0679. The minimum atomic E-state index is -0.819. The van der Waals surface area contributed by atoms with Gasteiger partial charge in [0.05, 0.1) is 5.69 Å². The van der Waals surface area contributed by atoms with Gasteiger partial charge in [-0.25, -0.2) is 9.69 Å². The van der Waals surface area contributed by atoms with E-state index in [0.29, 0.717) is 17.2 Å². The topological polar surface area (TPSA) is 89.9 Å². The van der Waals surface area contributed by atoms with Gasteiger partial charge in [0.2, 0.25) is 6.79 Å². The molecule has 1 N–H and O–H groups in total. The molecule has 0 bridgehead atoms. The Bertz CT molecular complexity index is 1260. The Morgan fingerprint density at radius 2 is 1.68 bits per heavy atom. The number of aryl methyl sites for hydroxylation is 1. The molecular formula is C23H17N3O5. The molecule has 8 nitrogen and oxygen atoms in total. The highest BCUT2D eigenvalue weighted by molar-refractivity contribution is 6.39. The van der Waals surface area contributed by atoms with Gasteiger partial charge >= 0.3 is 6.03 Å². The maximum absolute atomic E-state index is 13.2. The predicted molar refractivity (Wildman–Crippen MR) is 112 cm³/mol. The van der Waals surface area contributed by atoms with Gasteiger partial charge in [0, 0.05) is 23.1 Å². The zero-order valence-corrected chi connectivity index (χ0v) is 16.5. The van der Waals surface area contributed by atoms with E-state index in [2.05, 4.69) is 5.32 Å². The number of imide groups is 2. The highest BCUT2D eigenvalue weighted by Crippen LogP contribution is 2.36. The number of barbiturate groups is 1. The van der Waals surface area contributed by atoms with Crippen molar-refractivity contribution in [2.24, 2.45) is 0 Å². The summed E-state index contributed by atoms with van der Waals surface area (Å²) in [6, 6.07) is 17.2. The van der Waals surface area contributed by atoms with Gasteiger partial charge < -0.3 is 14.0 Å². The lowest BCUT2D eigenvalue weighted by molar-refractivity contribution is -0.122. The third kappa shape index (κ3) is 3.14. The summed E-state index contributed by atoms with van der Waals surface area (Å²) >= 11 is 0. The van der Waals surface area contributed by atoms with Crippen molar-refractivity contribution in [3.63, 3.8) is 0 Å². The van der Waals surface area contributed by atoms with E-state index < -0.39 is 17.8 Å². The first-order valence-corrected chi connectivity index (χ1v) is 9.58. The summed E-state index contributed by atoms with van der Waals surface area (Å²) in [7, 11) is 0. The van der Waals surface area contributed by atoms with Crippen LogP contribution in [0.4, 0.5) is 10.5 Å². The summed E-state index contributed by atoms with van der Waals surface area (Å²) in [5.74, 6) is -0.512. The van der Waals surface area contributed by atoms with Gasteiger partial charge in [0.25, 0.3) is 11.8 Å². The van der Waals surface area contributed by atoms with Crippen LogP contribution in [0.1, 0.15) is 11.4 Å². The Morgan fingerprint density at radius 3 is 2.48 bits per heavy atom. The Labute approximate surface area is 177 Å². The van der Waals surface area contributed by atoms with Crippen LogP contribution in [0, 0.1) is 6.92 Å². The molecule has 1 saturated heterocycles. The van der Waals surface area contributed by atoms with Gasteiger partial charge in [0.1, 0.15) is 5.57 Å². The first kappa shape index (κ1) is 18.7. The van der Waals surface area contributed by atoms with E-state index in [1.54, 1.807) is 12.1 Å². The molecule has 0 saturated carbocycles. The largest absolute Gasteiger partial charge is 0.454 e. The normalized spacial score (nSPS) is 16.7. The number of urea groups is 1. The molecule has 2 aliphatic heterocycles. The molecule has 2 aliphatic rings. The minimum Gasteiger partial charge on any atom is -0.454 e. The summed E-state index contributed by atoms with van der Waals surface area (Å²) in [5, 5.41) is 2.24. The standard InChI is InChI=1S/C23H17N3O5/c1-14-7-8-16(25(14)15-5-3-2-4-6-15)11-18-21(27)24-23(29)26(22(18)28)17-9-10-19-20(12-17)31-13-30-19/h2-12H,13H2,1H3,(H,24,27,29)/b18-11+. The lowest BCUT2D eigenvalue weighted by Gasteiger charge is -2.26. The Morgan fingerprint density at radius 1 is 0.903 bits per heavy atom. The molecule has 154 valence electrons. The number of ether oxygens (including phenoxy) is 2. The number of anilines is 1. The van der Waals surface area contributed by atoms with Crippen molar-refractivity contribution in [1.29, 1.82) is 0 Å². The summed E-state index contributed by atoms with van der Waals surface area (Å²) in [4.78, 5) is 39.1. The third-order valence-electron chi connectivity index (χ3n) is 5.13. The van der Waals surface area contributed by atoms with Crippen molar-refractivity contribution >= 4 is 29.6 Å². The van der Waals surface area contributed by atoms with Gasteiger partial charge in [0.15, 0.2) is 11.5 Å². The van der Waals surface area contributed by atoms with Gasteiger partial charge in [-0.05, 0) is 49.4 Å². The molecule has 0 spiro atoms.